The predicted molar refractivity (Wildman–Crippen MR) is 104 cm³/mol. The van der Waals surface area contributed by atoms with Gasteiger partial charge >= 0.3 is 6.03 Å². The van der Waals surface area contributed by atoms with Crippen molar-refractivity contribution >= 4 is 17.8 Å². The standard InChI is InChI=1S/C21H23N3O4/c1-14-4-6-15(7-5-14)12-22-18(25)13-24-19(26)21(2,23-20(24)27)16-8-10-17(28-3)11-9-16/h4-11H,12-13H2,1-3H3,(H,22,25)(H,23,27)/t21-/m1/s1. The molecule has 1 aliphatic heterocycles. The van der Waals surface area contributed by atoms with Crippen molar-refractivity contribution in [2.75, 3.05) is 13.7 Å². The van der Waals surface area contributed by atoms with Crippen LogP contribution in [0.2, 0.25) is 0 Å². The summed E-state index contributed by atoms with van der Waals surface area (Å²) in [6, 6.07) is 14.0. The van der Waals surface area contributed by atoms with E-state index in [1.807, 2.05) is 31.2 Å². The van der Waals surface area contributed by atoms with Gasteiger partial charge in [-0.15, -0.1) is 0 Å². The predicted octanol–water partition coefficient (Wildman–Crippen LogP) is 2.09. The van der Waals surface area contributed by atoms with Crippen molar-refractivity contribution in [3.05, 3.63) is 65.2 Å². The molecule has 0 aromatic heterocycles. The lowest BCUT2D eigenvalue weighted by molar-refractivity contribution is -0.134. The number of ether oxygens (including phenoxy) is 1. The number of carbonyl (C=O) groups excluding carboxylic acids is 3. The van der Waals surface area contributed by atoms with Gasteiger partial charge in [0, 0.05) is 6.54 Å². The first-order chi connectivity index (χ1) is 13.3. The fourth-order valence-electron chi connectivity index (χ4n) is 3.07. The van der Waals surface area contributed by atoms with Gasteiger partial charge in [-0.2, -0.15) is 0 Å². The molecule has 1 saturated heterocycles. The van der Waals surface area contributed by atoms with Crippen molar-refractivity contribution < 1.29 is 19.1 Å². The molecule has 0 unspecified atom stereocenters. The van der Waals surface area contributed by atoms with Crippen LogP contribution in [-0.2, 0) is 21.7 Å². The Bertz CT molecular complexity index is 893. The van der Waals surface area contributed by atoms with E-state index in [1.165, 1.54) is 0 Å². The first-order valence-electron chi connectivity index (χ1n) is 8.94. The monoisotopic (exact) mass is 381 g/mol. The van der Waals surface area contributed by atoms with Gasteiger partial charge in [0.2, 0.25) is 5.91 Å². The van der Waals surface area contributed by atoms with Crippen LogP contribution in [0.25, 0.3) is 0 Å². The van der Waals surface area contributed by atoms with Crippen molar-refractivity contribution in [2.24, 2.45) is 0 Å². The molecule has 2 aromatic rings. The van der Waals surface area contributed by atoms with Crippen molar-refractivity contribution in [3.8, 4) is 5.75 Å². The van der Waals surface area contributed by atoms with Gasteiger partial charge in [-0.3, -0.25) is 14.5 Å². The molecule has 0 aliphatic carbocycles. The van der Waals surface area contributed by atoms with Crippen LogP contribution < -0.4 is 15.4 Å². The van der Waals surface area contributed by atoms with Crippen LogP contribution in [0.4, 0.5) is 4.79 Å². The molecule has 4 amide bonds. The summed E-state index contributed by atoms with van der Waals surface area (Å²) in [5, 5.41) is 5.43. The van der Waals surface area contributed by atoms with Gasteiger partial charge in [0.15, 0.2) is 0 Å². The molecular weight excluding hydrogens is 358 g/mol. The maximum Gasteiger partial charge on any atom is 0.325 e. The van der Waals surface area contributed by atoms with E-state index in [2.05, 4.69) is 10.6 Å². The van der Waals surface area contributed by atoms with Gasteiger partial charge in [-0.05, 0) is 37.1 Å². The Balaban J connectivity index is 1.65. The molecule has 0 bridgehead atoms. The molecule has 1 atom stereocenters. The molecule has 1 fully saturated rings. The minimum absolute atomic E-state index is 0.331. The molecule has 0 spiro atoms. The Labute approximate surface area is 163 Å². The van der Waals surface area contributed by atoms with Gasteiger partial charge < -0.3 is 15.4 Å². The van der Waals surface area contributed by atoms with Gasteiger partial charge in [-0.25, -0.2) is 4.79 Å². The Morgan fingerprint density at radius 2 is 1.75 bits per heavy atom. The van der Waals surface area contributed by atoms with E-state index in [1.54, 1.807) is 38.3 Å². The first-order valence-corrected chi connectivity index (χ1v) is 8.94. The number of carbonyl (C=O) groups is 3. The molecule has 2 aromatic carbocycles. The second kappa shape index (κ2) is 7.72. The third-order valence-electron chi connectivity index (χ3n) is 4.85. The molecule has 1 aliphatic rings. The number of hydrogen-bond acceptors (Lipinski definition) is 4. The Morgan fingerprint density at radius 1 is 1.11 bits per heavy atom. The minimum Gasteiger partial charge on any atom is -0.497 e. The summed E-state index contributed by atoms with van der Waals surface area (Å²) in [4.78, 5) is 38.4. The summed E-state index contributed by atoms with van der Waals surface area (Å²) < 4.78 is 5.12. The summed E-state index contributed by atoms with van der Waals surface area (Å²) in [6.07, 6.45) is 0. The number of imide groups is 1. The van der Waals surface area contributed by atoms with E-state index in [0.717, 1.165) is 16.0 Å². The van der Waals surface area contributed by atoms with Gasteiger partial charge in [0.1, 0.15) is 17.8 Å². The van der Waals surface area contributed by atoms with Gasteiger partial charge in [0.05, 0.1) is 7.11 Å². The highest BCUT2D eigenvalue weighted by atomic mass is 16.5. The summed E-state index contributed by atoms with van der Waals surface area (Å²) in [7, 11) is 1.55. The number of benzene rings is 2. The fourth-order valence-corrected chi connectivity index (χ4v) is 3.07. The normalized spacial score (nSPS) is 18.8. The summed E-state index contributed by atoms with van der Waals surface area (Å²) in [5.41, 5.74) is 1.47. The maximum atomic E-state index is 12.9. The molecule has 7 heteroatoms. The van der Waals surface area contributed by atoms with Crippen LogP contribution in [0.15, 0.2) is 48.5 Å². The van der Waals surface area contributed by atoms with Crippen LogP contribution in [-0.4, -0.2) is 36.4 Å². The lowest BCUT2D eigenvalue weighted by Gasteiger charge is -2.22. The summed E-state index contributed by atoms with van der Waals surface area (Å²) in [6.45, 7) is 3.61. The summed E-state index contributed by atoms with van der Waals surface area (Å²) >= 11 is 0. The van der Waals surface area contributed by atoms with Gasteiger partial charge in [0.25, 0.3) is 5.91 Å². The van der Waals surface area contributed by atoms with Gasteiger partial charge in [-0.1, -0.05) is 42.0 Å². The van der Waals surface area contributed by atoms with Crippen LogP contribution in [0, 0.1) is 6.92 Å². The number of methoxy groups -OCH3 is 1. The molecule has 2 N–H and O–H groups in total. The molecule has 7 nitrogen and oxygen atoms in total. The number of urea groups is 1. The number of rotatable bonds is 6. The lowest BCUT2D eigenvalue weighted by Crippen LogP contribution is -2.43. The third-order valence-corrected chi connectivity index (χ3v) is 4.85. The van der Waals surface area contributed by atoms with E-state index in [9.17, 15) is 14.4 Å². The minimum atomic E-state index is -1.22. The number of nitrogens with zero attached hydrogens (tertiary/aromatic N) is 1. The van der Waals surface area contributed by atoms with E-state index in [4.69, 9.17) is 4.74 Å². The van der Waals surface area contributed by atoms with Crippen molar-refractivity contribution in [1.29, 1.82) is 0 Å². The number of hydrogen-bond donors (Lipinski definition) is 2. The number of aryl methyl sites for hydroxylation is 1. The second-order valence-corrected chi connectivity index (χ2v) is 6.94. The van der Waals surface area contributed by atoms with E-state index in [0.29, 0.717) is 17.9 Å². The van der Waals surface area contributed by atoms with Crippen molar-refractivity contribution in [3.63, 3.8) is 0 Å². The van der Waals surface area contributed by atoms with Crippen LogP contribution >= 0.6 is 0 Å². The zero-order chi connectivity index (χ0) is 20.3. The zero-order valence-electron chi connectivity index (χ0n) is 16.1. The summed E-state index contributed by atoms with van der Waals surface area (Å²) in [5.74, 6) is -0.215. The fraction of sp³-hybridized carbons (Fsp3) is 0.286. The number of amides is 4. The Hall–Kier alpha value is -3.35. The molecule has 3 rings (SSSR count). The average molecular weight is 381 g/mol. The van der Waals surface area contributed by atoms with E-state index >= 15 is 0 Å². The van der Waals surface area contributed by atoms with Crippen LogP contribution in [0.1, 0.15) is 23.6 Å². The zero-order valence-corrected chi connectivity index (χ0v) is 16.1. The maximum absolute atomic E-state index is 12.9. The van der Waals surface area contributed by atoms with Crippen molar-refractivity contribution in [1.82, 2.24) is 15.5 Å². The largest absolute Gasteiger partial charge is 0.497 e. The van der Waals surface area contributed by atoms with Crippen LogP contribution in [0.5, 0.6) is 5.75 Å². The van der Waals surface area contributed by atoms with E-state index in [-0.39, 0.29) is 6.54 Å². The molecular formula is C21H23N3O4. The number of nitrogens with one attached hydrogen (secondary N) is 2. The Morgan fingerprint density at radius 3 is 2.36 bits per heavy atom. The smallest absolute Gasteiger partial charge is 0.325 e. The quantitative estimate of drug-likeness (QED) is 0.750. The topological polar surface area (TPSA) is 87.7 Å². The van der Waals surface area contributed by atoms with E-state index < -0.39 is 23.4 Å². The van der Waals surface area contributed by atoms with Crippen molar-refractivity contribution in [2.45, 2.75) is 25.9 Å². The Kier molecular flexibility index (Phi) is 5.35. The SMILES string of the molecule is COc1ccc([C@@]2(C)NC(=O)N(CC(=O)NCc3ccc(C)cc3)C2=O)cc1. The highest BCUT2D eigenvalue weighted by Crippen LogP contribution is 2.29. The third kappa shape index (κ3) is 3.83. The van der Waals surface area contributed by atoms with Crippen LogP contribution in [0.3, 0.4) is 0 Å². The highest BCUT2D eigenvalue weighted by Gasteiger charge is 2.49. The first kappa shape index (κ1) is 19.4. The average Bonchev–Trinajstić information content (AvgIpc) is 2.91. The molecule has 0 radical (unpaired) electrons. The molecule has 146 valence electrons. The second-order valence-electron chi connectivity index (χ2n) is 6.94. The lowest BCUT2D eigenvalue weighted by atomic mass is 9.92. The molecule has 0 saturated carbocycles. The molecule has 28 heavy (non-hydrogen) atoms. The molecule has 1 heterocycles. The highest BCUT2D eigenvalue weighted by molar-refractivity contribution is 6.09.